The van der Waals surface area contributed by atoms with Crippen molar-refractivity contribution in [2.45, 2.75) is 46.1 Å². The molecule has 2 nitrogen and oxygen atoms in total. The summed E-state index contributed by atoms with van der Waals surface area (Å²) in [5.74, 6) is -0.725. The molecule has 0 aliphatic heterocycles. The number of nitrogens with one attached hydrogen (secondary N) is 1. The van der Waals surface area contributed by atoms with Gasteiger partial charge in [0.1, 0.15) is 5.82 Å². The minimum atomic E-state index is -0.439. The van der Waals surface area contributed by atoms with Crippen LogP contribution in [0.15, 0.2) is 18.2 Å². The molecular weight excluding hydrogens is 229 g/mol. The van der Waals surface area contributed by atoms with Crippen LogP contribution in [0.4, 0.5) is 4.39 Å². The van der Waals surface area contributed by atoms with Gasteiger partial charge in [-0.2, -0.15) is 0 Å². The van der Waals surface area contributed by atoms with Gasteiger partial charge in [0.15, 0.2) is 0 Å². The lowest BCUT2D eigenvalue weighted by Gasteiger charge is -2.18. The van der Waals surface area contributed by atoms with Crippen molar-refractivity contribution in [3.05, 3.63) is 35.1 Å². The van der Waals surface area contributed by atoms with Gasteiger partial charge < -0.3 is 5.32 Å². The topological polar surface area (TPSA) is 29.1 Å². The molecule has 98 valence electrons. The van der Waals surface area contributed by atoms with Crippen LogP contribution < -0.4 is 5.32 Å². The standard InChI is InChI=1S/C15H20FNO/c1-15(2,3)9-10-4-7-13(16)12(8-10)14(18)17-11-5-6-11/h4,7-8,11H,5-6,9H2,1-3H3,(H,17,18). The summed E-state index contributed by atoms with van der Waals surface area (Å²) < 4.78 is 13.7. The van der Waals surface area contributed by atoms with Crippen LogP contribution in [0.25, 0.3) is 0 Å². The highest BCUT2D eigenvalue weighted by atomic mass is 19.1. The van der Waals surface area contributed by atoms with Gasteiger partial charge in [0.05, 0.1) is 5.56 Å². The third kappa shape index (κ3) is 3.56. The minimum absolute atomic E-state index is 0.127. The number of halogens is 1. The van der Waals surface area contributed by atoms with Crippen LogP contribution in [0.1, 0.15) is 49.5 Å². The molecule has 1 aliphatic carbocycles. The quantitative estimate of drug-likeness (QED) is 0.875. The van der Waals surface area contributed by atoms with Crippen molar-refractivity contribution in [1.29, 1.82) is 0 Å². The van der Waals surface area contributed by atoms with Gasteiger partial charge in [0.25, 0.3) is 5.91 Å². The second-order valence-electron chi connectivity index (χ2n) is 6.30. The van der Waals surface area contributed by atoms with Crippen molar-refractivity contribution in [1.82, 2.24) is 5.32 Å². The van der Waals surface area contributed by atoms with Crippen molar-refractivity contribution in [2.75, 3.05) is 0 Å². The summed E-state index contributed by atoms with van der Waals surface area (Å²) in [6.45, 7) is 6.38. The summed E-state index contributed by atoms with van der Waals surface area (Å²) in [5, 5.41) is 2.82. The maximum absolute atomic E-state index is 13.7. The molecule has 3 heteroatoms. The molecule has 0 atom stereocenters. The fraction of sp³-hybridized carbons (Fsp3) is 0.533. The van der Waals surface area contributed by atoms with Crippen molar-refractivity contribution in [3.63, 3.8) is 0 Å². The number of rotatable bonds is 3. The molecule has 2 rings (SSSR count). The van der Waals surface area contributed by atoms with Gasteiger partial charge in [-0.3, -0.25) is 4.79 Å². The molecule has 1 aliphatic rings. The Hall–Kier alpha value is -1.38. The van der Waals surface area contributed by atoms with Gasteiger partial charge in [0.2, 0.25) is 0 Å². The van der Waals surface area contributed by atoms with E-state index >= 15 is 0 Å². The predicted molar refractivity (Wildman–Crippen MR) is 70.0 cm³/mol. The van der Waals surface area contributed by atoms with Crippen LogP contribution in [-0.2, 0) is 6.42 Å². The van der Waals surface area contributed by atoms with E-state index in [2.05, 4.69) is 26.1 Å². The largest absolute Gasteiger partial charge is 0.349 e. The molecule has 1 N–H and O–H groups in total. The Morgan fingerprint density at radius 3 is 2.61 bits per heavy atom. The molecule has 0 heterocycles. The van der Waals surface area contributed by atoms with E-state index in [9.17, 15) is 9.18 Å². The normalized spacial score (nSPS) is 15.6. The van der Waals surface area contributed by atoms with Crippen LogP contribution in [0.2, 0.25) is 0 Å². The van der Waals surface area contributed by atoms with E-state index in [4.69, 9.17) is 0 Å². The number of hydrogen-bond acceptors (Lipinski definition) is 1. The average molecular weight is 249 g/mol. The molecule has 1 aromatic carbocycles. The Balaban J connectivity index is 2.17. The first kappa shape index (κ1) is 13.1. The molecule has 18 heavy (non-hydrogen) atoms. The van der Waals surface area contributed by atoms with Crippen molar-refractivity contribution in [2.24, 2.45) is 5.41 Å². The number of amides is 1. The lowest BCUT2D eigenvalue weighted by atomic mass is 9.87. The smallest absolute Gasteiger partial charge is 0.254 e. The van der Waals surface area contributed by atoms with E-state index in [0.29, 0.717) is 0 Å². The second kappa shape index (κ2) is 4.71. The first-order valence-electron chi connectivity index (χ1n) is 6.44. The molecule has 0 unspecified atom stereocenters. The molecule has 0 bridgehead atoms. The van der Waals surface area contributed by atoms with E-state index in [1.807, 2.05) is 0 Å². The van der Waals surface area contributed by atoms with Gasteiger partial charge in [-0.1, -0.05) is 26.8 Å². The van der Waals surface area contributed by atoms with Crippen molar-refractivity contribution < 1.29 is 9.18 Å². The zero-order valence-corrected chi connectivity index (χ0v) is 11.2. The van der Waals surface area contributed by atoms with E-state index in [0.717, 1.165) is 24.8 Å². The molecule has 0 saturated heterocycles. The Morgan fingerprint density at radius 2 is 2.06 bits per heavy atom. The van der Waals surface area contributed by atoms with Gasteiger partial charge >= 0.3 is 0 Å². The van der Waals surface area contributed by atoms with Crippen LogP contribution in [-0.4, -0.2) is 11.9 Å². The van der Waals surface area contributed by atoms with Crippen LogP contribution in [0, 0.1) is 11.2 Å². The number of benzene rings is 1. The molecule has 1 amide bonds. The molecule has 0 aromatic heterocycles. The van der Waals surface area contributed by atoms with Gasteiger partial charge in [0, 0.05) is 6.04 Å². The van der Waals surface area contributed by atoms with E-state index in [1.165, 1.54) is 6.07 Å². The number of carbonyl (C=O) groups is 1. The summed E-state index contributed by atoms with van der Waals surface area (Å²) in [6, 6.07) is 5.08. The summed E-state index contributed by atoms with van der Waals surface area (Å²) in [4.78, 5) is 11.9. The predicted octanol–water partition coefficient (Wildman–Crippen LogP) is 3.31. The van der Waals surface area contributed by atoms with E-state index in [-0.39, 0.29) is 22.9 Å². The highest BCUT2D eigenvalue weighted by Gasteiger charge is 2.25. The molecule has 0 spiro atoms. The first-order valence-corrected chi connectivity index (χ1v) is 6.44. The van der Waals surface area contributed by atoms with Crippen LogP contribution in [0.5, 0.6) is 0 Å². The second-order valence-corrected chi connectivity index (χ2v) is 6.30. The monoisotopic (exact) mass is 249 g/mol. The number of hydrogen-bond donors (Lipinski definition) is 1. The SMILES string of the molecule is CC(C)(C)Cc1ccc(F)c(C(=O)NC2CC2)c1. The Morgan fingerprint density at radius 1 is 1.39 bits per heavy atom. The highest BCUT2D eigenvalue weighted by molar-refractivity contribution is 5.95. The highest BCUT2D eigenvalue weighted by Crippen LogP contribution is 2.23. The third-order valence-corrected chi connectivity index (χ3v) is 2.92. The molecule has 1 saturated carbocycles. The van der Waals surface area contributed by atoms with Crippen LogP contribution in [0.3, 0.4) is 0 Å². The Labute approximate surface area is 108 Å². The minimum Gasteiger partial charge on any atom is -0.349 e. The third-order valence-electron chi connectivity index (χ3n) is 2.92. The molecular formula is C15H20FNO. The van der Waals surface area contributed by atoms with Gasteiger partial charge in [-0.15, -0.1) is 0 Å². The van der Waals surface area contributed by atoms with Gasteiger partial charge in [-0.05, 0) is 42.4 Å². The Kier molecular flexibility index (Phi) is 3.42. The zero-order chi connectivity index (χ0) is 13.3. The fourth-order valence-corrected chi connectivity index (χ4v) is 1.96. The average Bonchev–Trinajstić information content (AvgIpc) is 3.02. The summed E-state index contributed by atoms with van der Waals surface area (Å²) in [5.41, 5.74) is 1.30. The lowest BCUT2D eigenvalue weighted by molar-refractivity contribution is 0.0947. The van der Waals surface area contributed by atoms with Crippen molar-refractivity contribution >= 4 is 5.91 Å². The molecule has 1 fully saturated rings. The van der Waals surface area contributed by atoms with E-state index < -0.39 is 5.82 Å². The molecule has 0 radical (unpaired) electrons. The first-order chi connectivity index (χ1) is 8.35. The Bertz CT molecular complexity index is 458. The van der Waals surface area contributed by atoms with E-state index in [1.54, 1.807) is 12.1 Å². The zero-order valence-electron chi connectivity index (χ0n) is 11.2. The lowest BCUT2D eigenvalue weighted by Crippen LogP contribution is -2.26. The number of carbonyl (C=O) groups excluding carboxylic acids is 1. The maximum Gasteiger partial charge on any atom is 0.254 e. The van der Waals surface area contributed by atoms with Gasteiger partial charge in [-0.25, -0.2) is 4.39 Å². The molecule has 1 aromatic rings. The van der Waals surface area contributed by atoms with Crippen LogP contribution >= 0.6 is 0 Å². The summed E-state index contributed by atoms with van der Waals surface area (Å²) in [6.07, 6.45) is 2.85. The fourth-order valence-electron chi connectivity index (χ4n) is 1.96. The maximum atomic E-state index is 13.7. The summed E-state index contributed by atoms with van der Waals surface area (Å²) in [7, 11) is 0. The van der Waals surface area contributed by atoms with Crippen molar-refractivity contribution in [3.8, 4) is 0 Å². The summed E-state index contributed by atoms with van der Waals surface area (Å²) >= 11 is 0.